The largest absolute Gasteiger partial charge is 0.351 e. The van der Waals surface area contributed by atoms with E-state index in [-0.39, 0.29) is 5.70 Å². The molecule has 0 unspecified atom stereocenters. The first-order valence-electron chi connectivity index (χ1n) is 10.1. The number of fused-ring (bicyclic) bond motifs is 1. The Balaban J connectivity index is 1.49. The highest BCUT2D eigenvalue weighted by Crippen LogP contribution is 2.26. The standard InChI is InChI=1S/C21H22N8O2/c1-11-5-12(2)7-13(6-11)9-22-19-26-17-14(8-16-18(30)27-21(31)25-16)10-23-29(17)20(28-19)24-15-3-4-15/h5-8,10,15H,3-4,9H2,1-2H3,(H2,22,24,26,28)(H2,25,27,30,31)/b16-8-. The van der Waals surface area contributed by atoms with Crippen LogP contribution in [0, 0.1) is 13.8 Å². The van der Waals surface area contributed by atoms with Crippen molar-refractivity contribution >= 4 is 35.6 Å². The number of hydrogen-bond donors (Lipinski definition) is 4. The summed E-state index contributed by atoms with van der Waals surface area (Å²) in [6.07, 6.45) is 5.33. The summed E-state index contributed by atoms with van der Waals surface area (Å²) < 4.78 is 1.61. The first-order valence-corrected chi connectivity index (χ1v) is 10.1. The van der Waals surface area contributed by atoms with Gasteiger partial charge in [0.25, 0.3) is 5.91 Å². The number of imide groups is 1. The molecule has 2 aliphatic rings. The van der Waals surface area contributed by atoms with Crippen LogP contribution in [0.1, 0.15) is 35.1 Å². The van der Waals surface area contributed by atoms with Crippen LogP contribution in [0.4, 0.5) is 16.7 Å². The molecule has 0 spiro atoms. The van der Waals surface area contributed by atoms with Crippen molar-refractivity contribution in [2.24, 2.45) is 0 Å². The van der Waals surface area contributed by atoms with Crippen LogP contribution in [0.2, 0.25) is 0 Å². The van der Waals surface area contributed by atoms with Crippen molar-refractivity contribution < 1.29 is 9.59 Å². The van der Waals surface area contributed by atoms with Gasteiger partial charge in [-0.1, -0.05) is 29.3 Å². The van der Waals surface area contributed by atoms with E-state index < -0.39 is 11.9 Å². The highest BCUT2D eigenvalue weighted by molar-refractivity contribution is 6.14. The van der Waals surface area contributed by atoms with E-state index in [1.807, 2.05) is 0 Å². The van der Waals surface area contributed by atoms with E-state index in [1.165, 1.54) is 11.1 Å². The summed E-state index contributed by atoms with van der Waals surface area (Å²) in [5, 5.41) is 15.7. The number of aromatic nitrogens is 4. The number of aryl methyl sites for hydroxylation is 2. The van der Waals surface area contributed by atoms with Crippen molar-refractivity contribution in [2.45, 2.75) is 39.3 Å². The van der Waals surface area contributed by atoms with Crippen LogP contribution >= 0.6 is 0 Å². The average Bonchev–Trinajstić information content (AvgIpc) is 3.34. The maximum Gasteiger partial charge on any atom is 0.326 e. The fourth-order valence-electron chi connectivity index (χ4n) is 3.57. The number of benzene rings is 1. The van der Waals surface area contributed by atoms with Crippen LogP contribution in [0.25, 0.3) is 11.7 Å². The minimum absolute atomic E-state index is 0.153. The molecular formula is C21H22N8O2. The molecular weight excluding hydrogens is 396 g/mol. The van der Waals surface area contributed by atoms with Gasteiger partial charge in [0.15, 0.2) is 5.65 Å². The molecule has 3 aromatic rings. The Morgan fingerprint density at radius 1 is 1.13 bits per heavy atom. The molecule has 1 aliphatic heterocycles. The molecule has 1 saturated carbocycles. The summed E-state index contributed by atoms with van der Waals surface area (Å²) in [5.74, 6) is 0.553. The Labute approximate surface area is 178 Å². The van der Waals surface area contributed by atoms with Gasteiger partial charge in [-0.25, -0.2) is 4.79 Å². The first kappa shape index (κ1) is 19.0. The lowest BCUT2D eigenvalue weighted by Crippen LogP contribution is -2.22. The molecule has 1 saturated heterocycles. The van der Waals surface area contributed by atoms with Crippen LogP contribution in [0.3, 0.4) is 0 Å². The average molecular weight is 418 g/mol. The quantitative estimate of drug-likeness (QED) is 0.357. The summed E-state index contributed by atoms with van der Waals surface area (Å²) in [7, 11) is 0. The van der Waals surface area contributed by atoms with Gasteiger partial charge in [-0.15, -0.1) is 0 Å². The van der Waals surface area contributed by atoms with E-state index in [4.69, 9.17) is 0 Å². The fourth-order valence-corrected chi connectivity index (χ4v) is 3.57. The molecule has 10 nitrogen and oxygen atoms in total. The van der Waals surface area contributed by atoms with Gasteiger partial charge >= 0.3 is 6.03 Å². The minimum Gasteiger partial charge on any atom is -0.351 e. The van der Waals surface area contributed by atoms with E-state index >= 15 is 0 Å². The number of rotatable bonds is 6. The van der Waals surface area contributed by atoms with E-state index in [1.54, 1.807) is 16.8 Å². The fraction of sp³-hybridized carbons (Fsp3) is 0.286. The van der Waals surface area contributed by atoms with Crippen molar-refractivity contribution in [1.29, 1.82) is 0 Å². The maximum absolute atomic E-state index is 11.9. The number of urea groups is 1. The second-order valence-corrected chi connectivity index (χ2v) is 7.94. The number of carbonyl (C=O) groups excluding carboxylic acids is 2. The number of anilines is 2. The number of nitrogens with zero attached hydrogens (tertiary/aromatic N) is 4. The smallest absolute Gasteiger partial charge is 0.326 e. The molecule has 158 valence electrons. The van der Waals surface area contributed by atoms with Gasteiger partial charge in [0.2, 0.25) is 11.9 Å². The lowest BCUT2D eigenvalue weighted by molar-refractivity contribution is -0.115. The molecule has 31 heavy (non-hydrogen) atoms. The summed E-state index contributed by atoms with van der Waals surface area (Å²) in [6.45, 7) is 4.71. The normalized spacial score (nSPS) is 17.2. The first-order chi connectivity index (χ1) is 14.9. The van der Waals surface area contributed by atoms with Crippen LogP contribution in [-0.4, -0.2) is 37.6 Å². The summed E-state index contributed by atoms with van der Waals surface area (Å²) in [6, 6.07) is 6.20. The number of hydrogen-bond acceptors (Lipinski definition) is 7. The van der Waals surface area contributed by atoms with Crippen molar-refractivity contribution in [3.8, 4) is 0 Å². The predicted molar refractivity (Wildman–Crippen MR) is 115 cm³/mol. The third kappa shape index (κ3) is 4.04. The van der Waals surface area contributed by atoms with Gasteiger partial charge in [-0.05, 0) is 38.3 Å². The molecule has 2 fully saturated rings. The van der Waals surface area contributed by atoms with Crippen LogP contribution < -0.4 is 21.3 Å². The Bertz CT molecular complexity index is 1220. The van der Waals surface area contributed by atoms with E-state index in [0.717, 1.165) is 18.4 Å². The van der Waals surface area contributed by atoms with Gasteiger partial charge in [0, 0.05) is 18.2 Å². The predicted octanol–water partition coefficient (Wildman–Crippen LogP) is 2.11. The lowest BCUT2D eigenvalue weighted by Gasteiger charge is -2.11. The molecule has 2 aromatic heterocycles. The Morgan fingerprint density at radius 2 is 1.90 bits per heavy atom. The zero-order valence-electron chi connectivity index (χ0n) is 17.2. The molecule has 0 atom stereocenters. The van der Waals surface area contributed by atoms with Crippen LogP contribution in [-0.2, 0) is 11.3 Å². The number of amides is 3. The molecule has 1 aliphatic carbocycles. The summed E-state index contributed by atoms with van der Waals surface area (Å²) in [4.78, 5) is 32.5. The molecule has 0 bridgehead atoms. The third-order valence-corrected chi connectivity index (χ3v) is 5.06. The number of nitrogens with one attached hydrogen (secondary N) is 4. The Morgan fingerprint density at radius 3 is 2.58 bits per heavy atom. The van der Waals surface area contributed by atoms with Crippen molar-refractivity contribution in [1.82, 2.24) is 30.2 Å². The monoisotopic (exact) mass is 418 g/mol. The molecule has 4 N–H and O–H groups in total. The van der Waals surface area contributed by atoms with E-state index in [2.05, 4.69) is 68.4 Å². The van der Waals surface area contributed by atoms with Gasteiger partial charge in [0.1, 0.15) is 5.70 Å². The summed E-state index contributed by atoms with van der Waals surface area (Å²) in [5.41, 5.74) is 4.82. The summed E-state index contributed by atoms with van der Waals surface area (Å²) >= 11 is 0. The zero-order valence-corrected chi connectivity index (χ0v) is 17.2. The van der Waals surface area contributed by atoms with Crippen LogP contribution in [0.5, 0.6) is 0 Å². The molecule has 0 radical (unpaired) electrons. The SMILES string of the molecule is Cc1cc(C)cc(CNc2nc(NC3CC3)n3ncc(/C=C4\NC(=O)NC4=O)c3n2)c1. The second-order valence-electron chi connectivity index (χ2n) is 7.94. The number of carbonyl (C=O) groups is 2. The molecule has 5 rings (SSSR count). The van der Waals surface area contributed by atoms with Crippen molar-refractivity contribution in [3.05, 3.63) is 52.3 Å². The molecule has 3 heterocycles. The van der Waals surface area contributed by atoms with Crippen molar-refractivity contribution in [2.75, 3.05) is 10.6 Å². The van der Waals surface area contributed by atoms with Gasteiger partial charge < -0.3 is 16.0 Å². The Hall–Kier alpha value is -3.95. The topological polar surface area (TPSA) is 125 Å². The maximum atomic E-state index is 11.9. The lowest BCUT2D eigenvalue weighted by atomic mass is 10.1. The Kier molecular flexibility index (Phi) is 4.54. The highest BCUT2D eigenvalue weighted by atomic mass is 16.2. The highest BCUT2D eigenvalue weighted by Gasteiger charge is 2.25. The molecule has 1 aromatic carbocycles. The zero-order chi connectivity index (χ0) is 21.5. The van der Waals surface area contributed by atoms with Crippen molar-refractivity contribution in [3.63, 3.8) is 0 Å². The van der Waals surface area contributed by atoms with Gasteiger partial charge in [-0.3, -0.25) is 10.1 Å². The second kappa shape index (κ2) is 7.38. The third-order valence-electron chi connectivity index (χ3n) is 5.06. The van der Waals surface area contributed by atoms with E-state index in [9.17, 15) is 9.59 Å². The minimum atomic E-state index is -0.547. The molecule has 3 amide bonds. The van der Waals surface area contributed by atoms with Crippen LogP contribution in [0.15, 0.2) is 30.1 Å². The van der Waals surface area contributed by atoms with E-state index in [0.29, 0.717) is 35.7 Å². The van der Waals surface area contributed by atoms with Gasteiger partial charge in [-0.2, -0.15) is 19.6 Å². The molecule has 10 heteroatoms. The van der Waals surface area contributed by atoms with Gasteiger partial charge in [0.05, 0.1) is 6.20 Å².